The Kier molecular flexibility index (Phi) is 5.55. The van der Waals surface area contributed by atoms with Crippen LogP contribution in [0.4, 0.5) is 0 Å². The number of aliphatic hydroxyl groups excluding tert-OH is 1. The van der Waals surface area contributed by atoms with E-state index in [9.17, 15) is 24.6 Å². The molecule has 2 aromatic rings. The summed E-state index contributed by atoms with van der Waals surface area (Å²) in [4.78, 5) is 40.2. The van der Waals surface area contributed by atoms with E-state index in [0.717, 1.165) is 6.42 Å². The molecule has 0 amide bonds. The second-order valence-electron chi connectivity index (χ2n) is 9.40. The number of phenolic OH excluding ortho intramolecular Hbond substituents is 1. The first-order valence-corrected chi connectivity index (χ1v) is 11.6. The standard InChI is InChI=1S/C26H27NO7/c1-3-12-7-13-9-17(29)22-23(20(13)16(28)8-12)25(31)14-5-4-6-18(21(14)26(22)32)34-19-10-15(27)24(30)11(2)33-19/h4-6,9,11-12,15,19,24,29-30H,3,7-8,10,27H2,1-2H3/t11-,12-,15+,19-,24-/m0/s1. The molecule has 3 aliphatic rings. The van der Waals surface area contributed by atoms with Crippen LogP contribution in [0.3, 0.4) is 0 Å². The van der Waals surface area contributed by atoms with Gasteiger partial charge in [0.15, 0.2) is 11.6 Å². The van der Waals surface area contributed by atoms with Crippen molar-refractivity contribution in [2.24, 2.45) is 11.7 Å². The highest BCUT2D eigenvalue weighted by molar-refractivity contribution is 6.32. The predicted molar refractivity (Wildman–Crippen MR) is 121 cm³/mol. The number of carbonyl (C=O) groups excluding carboxylic acids is 3. The van der Waals surface area contributed by atoms with E-state index in [2.05, 4.69) is 0 Å². The monoisotopic (exact) mass is 465 g/mol. The van der Waals surface area contributed by atoms with Crippen molar-refractivity contribution in [1.29, 1.82) is 0 Å². The molecular weight excluding hydrogens is 438 g/mol. The van der Waals surface area contributed by atoms with Gasteiger partial charge in [0.25, 0.3) is 0 Å². The number of aliphatic hydroxyl groups is 1. The van der Waals surface area contributed by atoms with Crippen molar-refractivity contribution >= 4 is 17.3 Å². The Morgan fingerprint density at radius 2 is 1.85 bits per heavy atom. The third-order valence-electron chi connectivity index (χ3n) is 7.19. The Bertz CT molecular complexity index is 1210. The van der Waals surface area contributed by atoms with Crippen LogP contribution in [0.1, 0.15) is 80.9 Å². The summed E-state index contributed by atoms with van der Waals surface area (Å²) in [5.74, 6) is -1.31. The first-order chi connectivity index (χ1) is 16.2. The average Bonchev–Trinajstić information content (AvgIpc) is 2.79. The fourth-order valence-electron chi connectivity index (χ4n) is 5.31. The molecule has 1 saturated heterocycles. The first kappa shape index (κ1) is 22.7. The third kappa shape index (κ3) is 3.45. The lowest BCUT2D eigenvalue weighted by atomic mass is 9.73. The molecule has 1 heterocycles. The van der Waals surface area contributed by atoms with Gasteiger partial charge in [-0.1, -0.05) is 25.5 Å². The van der Waals surface area contributed by atoms with E-state index in [1.807, 2.05) is 6.92 Å². The van der Waals surface area contributed by atoms with Crippen molar-refractivity contribution in [2.75, 3.05) is 0 Å². The molecule has 0 bridgehead atoms. The average molecular weight is 466 g/mol. The molecule has 0 unspecified atom stereocenters. The van der Waals surface area contributed by atoms with Crippen LogP contribution in [0.5, 0.6) is 11.5 Å². The molecule has 1 aliphatic heterocycles. The van der Waals surface area contributed by atoms with Crippen LogP contribution in [-0.2, 0) is 11.2 Å². The molecule has 2 aliphatic carbocycles. The van der Waals surface area contributed by atoms with Crippen molar-refractivity contribution in [3.63, 3.8) is 0 Å². The molecule has 0 spiro atoms. The molecule has 8 nitrogen and oxygen atoms in total. The summed E-state index contributed by atoms with van der Waals surface area (Å²) < 4.78 is 11.6. The Hall–Kier alpha value is -3.07. The number of fused-ring (bicyclic) bond motifs is 4. The second kappa shape index (κ2) is 8.30. The van der Waals surface area contributed by atoms with Gasteiger partial charge in [0.2, 0.25) is 12.1 Å². The van der Waals surface area contributed by atoms with Crippen molar-refractivity contribution in [3.8, 4) is 11.5 Å². The van der Waals surface area contributed by atoms with Gasteiger partial charge in [-0.05, 0) is 37.0 Å². The second-order valence-corrected chi connectivity index (χ2v) is 9.40. The van der Waals surface area contributed by atoms with E-state index < -0.39 is 36.1 Å². The van der Waals surface area contributed by atoms with Gasteiger partial charge in [0, 0.05) is 35.6 Å². The highest BCUT2D eigenvalue weighted by Crippen LogP contribution is 2.43. The summed E-state index contributed by atoms with van der Waals surface area (Å²) >= 11 is 0. The van der Waals surface area contributed by atoms with Crippen LogP contribution >= 0.6 is 0 Å². The smallest absolute Gasteiger partial charge is 0.202 e. The van der Waals surface area contributed by atoms with E-state index in [0.29, 0.717) is 18.4 Å². The maximum atomic E-state index is 13.6. The molecule has 0 radical (unpaired) electrons. The van der Waals surface area contributed by atoms with Gasteiger partial charge in [-0.2, -0.15) is 0 Å². The van der Waals surface area contributed by atoms with Gasteiger partial charge in [0.05, 0.1) is 23.3 Å². The van der Waals surface area contributed by atoms with E-state index in [1.54, 1.807) is 19.1 Å². The molecule has 8 heteroatoms. The molecule has 178 valence electrons. The predicted octanol–water partition coefficient (Wildman–Crippen LogP) is 2.52. The number of rotatable bonds is 3. The Morgan fingerprint density at radius 3 is 2.56 bits per heavy atom. The number of hydrogen-bond donors (Lipinski definition) is 3. The van der Waals surface area contributed by atoms with Crippen LogP contribution in [0.2, 0.25) is 0 Å². The number of carbonyl (C=O) groups is 3. The summed E-state index contributed by atoms with van der Waals surface area (Å²) in [5, 5.41) is 20.8. The zero-order valence-corrected chi connectivity index (χ0v) is 19.0. The zero-order valence-electron chi connectivity index (χ0n) is 19.0. The van der Waals surface area contributed by atoms with Crippen LogP contribution in [0.25, 0.3) is 0 Å². The quantitative estimate of drug-likeness (QED) is 0.537. The number of benzene rings is 2. The molecule has 4 N–H and O–H groups in total. The minimum absolute atomic E-state index is 0.0147. The maximum Gasteiger partial charge on any atom is 0.202 e. The summed E-state index contributed by atoms with van der Waals surface area (Å²) in [6.07, 6.45) is -0.357. The van der Waals surface area contributed by atoms with Crippen molar-refractivity contribution in [2.45, 2.75) is 64.1 Å². The number of phenols is 1. The third-order valence-corrected chi connectivity index (χ3v) is 7.19. The number of nitrogens with two attached hydrogens (primary N) is 1. The maximum absolute atomic E-state index is 13.6. The highest BCUT2D eigenvalue weighted by atomic mass is 16.7. The molecule has 2 aromatic carbocycles. The van der Waals surface area contributed by atoms with Gasteiger partial charge in [0.1, 0.15) is 11.5 Å². The van der Waals surface area contributed by atoms with E-state index in [-0.39, 0.29) is 57.4 Å². The van der Waals surface area contributed by atoms with E-state index in [4.69, 9.17) is 15.2 Å². The van der Waals surface area contributed by atoms with E-state index >= 15 is 0 Å². The molecule has 0 saturated carbocycles. The summed E-state index contributed by atoms with van der Waals surface area (Å²) in [6.45, 7) is 3.67. The van der Waals surface area contributed by atoms with Crippen molar-refractivity contribution in [3.05, 3.63) is 57.6 Å². The first-order valence-electron chi connectivity index (χ1n) is 11.6. The van der Waals surface area contributed by atoms with Gasteiger partial charge in [-0.15, -0.1) is 0 Å². The number of ether oxygens (including phenoxy) is 2. The van der Waals surface area contributed by atoms with Gasteiger partial charge in [-0.25, -0.2) is 0 Å². The summed E-state index contributed by atoms with van der Waals surface area (Å²) in [6, 6.07) is 5.53. The van der Waals surface area contributed by atoms with Gasteiger partial charge < -0.3 is 25.4 Å². The molecule has 34 heavy (non-hydrogen) atoms. The van der Waals surface area contributed by atoms with Crippen LogP contribution < -0.4 is 10.5 Å². The normalized spacial score (nSPS) is 28.2. The molecule has 5 rings (SSSR count). The Morgan fingerprint density at radius 1 is 1.09 bits per heavy atom. The molecule has 5 atom stereocenters. The summed E-state index contributed by atoms with van der Waals surface area (Å²) in [7, 11) is 0. The fourth-order valence-corrected chi connectivity index (χ4v) is 5.31. The molecular formula is C26H27NO7. The van der Waals surface area contributed by atoms with Gasteiger partial charge in [-0.3, -0.25) is 14.4 Å². The molecule has 0 aromatic heterocycles. The lowest BCUT2D eigenvalue weighted by molar-refractivity contribution is -0.186. The van der Waals surface area contributed by atoms with Crippen molar-refractivity contribution in [1.82, 2.24) is 0 Å². The largest absolute Gasteiger partial charge is 0.507 e. The lowest BCUT2D eigenvalue weighted by Gasteiger charge is -2.36. The van der Waals surface area contributed by atoms with Crippen LogP contribution in [-0.4, -0.2) is 52.1 Å². The van der Waals surface area contributed by atoms with Crippen molar-refractivity contribution < 1.29 is 34.1 Å². The fraction of sp³-hybridized carbons (Fsp3) is 0.423. The zero-order chi connectivity index (χ0) is 24.3. The highest BCUT2D eigenvalue weighted by Gasteiger charge is 2.41. The van der Waals surface area contributed by atoms with Gasteiger partial charge >= 0.3 is 0 Å². The number of hydrogen-bond acceptors (Lipinski definition) is 8. The lowest BCUT2D eigenvalue weighted by Crippen LogP contribution is -2.52. The Labute approximate surface area is 196 Å². The number of Topliss-reactive ketones (excluding diaryl/α,β-unsaturated/α-hetero) is 1. The van der Waals surface area contributed by atoms with Crippen LogP contribution in [0, 0.1) is 5.92 Å². The SMILES string of the molecule is CC[C@@H]1CC(=O)c2c(cc(O)c3c2C(=O)c2cccc(O[C@H]4C[C@@H](N)[C@@H](O)[C@H](C)O4)c2C3=O)C1. The topological polar surface area (TPSA) is 136 Å². The number of aromatic hydroxyl groups is 1. The number of ketones is 3. The Balaban J connectivity index is 1.58. The van der Waals surface area contributed by atoms with Crippen LogP contribution in [0.15, 0.2) is 24.3 Å². The minimum Gasteiger partial charge on any atom is -0.507 e. The van der Waals surface area contributed by atoms with E-state index in [1.165, 1.54) is 12.1 Å². The molecule has 1 fully saturated rings. The summed E-state index contributed by atoms with van der Waals surface area (Å²) in [5.41, 5.74) is 6.78. The minimum atomic E-state index is -0.840.